The molecule has 0 radical (unpaired) electrons. The zero-order valence-corrected chi connectivity index (χ0v) is 19.7. The Labute approximate surface area is 181 Å². The van der Waals surface area contributed by atoms with Crippen LogP contribution in [0.3, 0.4) is 0 Å². The van der Waals surface area contributed by atoms with Crippen molar-refractivity contribution < 1.29 is 38.6 Å². The number of hydrogen-bond donors (Lipinski definition) is 5. The van der Waals surface area contributed by atoms with E-state index in [1.54, 1.807) is 0 Å². The van der Waals surface area contributed by atoms with E-state index in [9.17, 15) is 14.4 Å². The molecule has 0 aromatic rings. The molecule has 2 aliphatic rings. The van der Waals surface area contributed by atoms with E-state index in [2.05, 4.69) is 15.6 Å². The van der Waals surface area contributed by atoms with Crippen LogP contribution in [0, 0.1) is 0 Å². The van der Waals surface area contributed by atoms with E-state index in [0.717, 1.165) is 18.6 Å². The van der Waals surface area contributed by atoms with Gasteiger partial charge in [-0.05, 0) is 25.7 Å². The standard InChI is InChI=1S/C16H28N6O4S.Zn/c17-9(4-3-7-20-15(18)19)14(24)26-12(23)6-2-1-5-11-13-10(8-27-11)21-16(25)22-13;/h9-11,13H,1-8,17H2,(H4,18,19,20)(H2,21,22,25);/t9-,10-,11-,13-;/m0./s1. The number of fused-ring (bicyclic) bond motifs is 1. The van der Waals surface area contributed by atoms with Crippen LogP contribution in [0.2, 0.25) is 0 Å². The van der Waals surface area contributed by atoms with Gasteiger partial charge < -0.3 is 32.6 Å². The van der Waals surface area contributed by atoms with Crippen LogP contribution in [-0.4, -0.2) is 59.6 Å². The maximum absolute atomic E-state index is 11.8. The minimum Gasteiger partial charge on any atom is -0.392 e. The SMILES string of the molecule is NC(N)=NCCC[C@H](N)C(=O)OC(=O)CCCC[C@@H]1SC[C@@H]2NC(=O)N[C@@H]21.[Zn]. The number of nitrogens with two attached hydrogens (primary N) is 3. The first-order chi connectivity index (χ1) is 12.9. The molecule has 0 bridgehead atoms. The van der Waals surface area contributed by atoms with Crippen molar-refractivity contribution in [3.05, 3.63) is 0 Å². The smallest absolute Gasteiger partial charge is 0.330 e. The van der Waals surface area contributed by atoms with Gasteiger partial charge >= 0.3 is 18.0 Å². The molecule has 0 aromatic heterocycles. The number of hydrogen-bond acceptors (Lipinski definition) is 7. The van der Waals surface area contributed by atoms with Crippen molar-refractivity contribution in [2.75, 3.05) is 12.3 Å². The van der Waals surface area contributed by atoms with Gasteiger partial charge in [-0.1, -0.05) is 6.42 Å². The summed E-state index contributed by atoms with van der Waals surface area (Å²) in [5, 5.41) is 6.19. The summed E-state index contributed by atoms with van der Waals surface area (Å²) in [6, 6.07) is -0.614. The van der Waals surface area contributed by atoms with Crippen LogP contribution in [0.5, 0.6) is 0 Å². The number of guanidine groups is 1. The number of nitrogens with zero attached hydrogens (tertiary/aromatic N) is 1. The predicted octanol–water partition coefficient (Wildman–Crippen LogP) is -0.840. The first-order valence-electron chi connectivity index (χ1n) is 9.11. The second-order valence-electron chi connectivity index (χ2n) is 6.72. The number of amides is 2. The molecule has 154 valence electrons. The van der Waals surface area contributed by atoms with Gasteiger partial charge in [0.2, 0.25) is 0 Å². The number of carbonyl (C=O) groups excluding carboxylic acids is 3. The number of carbonyl (C=O) groups is 3. The van der Waals surface area contributed by atoms with Gasteiger partial charge in [0.15, 0.2) is 5.96 Å². The van der Waals surface area contributed by atoms with Crippen LogP contribution < -0.4 is 27.8 Å². The van der Waals surface area contributed by atoms with Gasteiger partial charge in [0, 0.05) is 43.4 Å². The van der Waals surface area contributed by atoms with Gasteiger partial charge in [-0.25, -0.2) is 9.59 Å². The summed E-state index contributed by atoms with van der Waals surface area (Å²) in [7, 11) is 0. The second-order valence-corrected chi connectivity index (χ2v) is 7.99. The summed E-state index contributed by atoms with van der Waals surface area (Å²) in [5.41, 5.74) is 16.1. The van der Waals surface area contributed by atoms with Crippen LogP contribution in [0.25, 0.3) is 0 Å². The second kappa shape index (κ2) is 12.2. The third kappa shape index (κ3) is 7.93. The quantitative estimate of drug-likeness (QED) is 0.0527. The number of thioether (sulfide) groups is 1. The Morgan fingerprint density at radius 2 is 2.00 bits per heavy atom. The Balaban J connectivity index is 0.00000392. The number of esters is 2. The summed E-state index contributed by atoms with van der Waals surface area (Å²) >= 11 is 1.83. The molecule has 2 saturated heterocycles. The van der Waals surface area contributed by atoms with Crippen molar-refractivity contribution >= 4 is 35.7 Å². The van der Waals surface area contributed by atoms with E-state index in [0.29, 0.717) is 31.1 Å². The van der Waals surface area contributed by atoms with E-state index in [1.165, 1.54) is 0 Å². The molecule has 4 atom stereocenters. The summed E-state index contributed by atoms with van der Waals surface area (Å²) < 4.78 is 4.79. The molecular weight excluding hydrogens is 438 g/mol. The van der Waals surface area contributed by atoms with E-state index in [-0.39, 0.29) is 50.0 Å². The Kier molecular flexibility index (Phi) is 10.8. The maximum atomic E-state index is 11.8. The zero-order valence-electron chi connectivity index (χ0n) is 15.9. The largest absolute Gasteiger partial charge is 0.392 e. The average Bonchev–Trinajstić information content (AvgIpc) is 3.14. The van der Waals surface area contributed by atoms with Crippen LogP contribution in [0.4, 0.5) is 4.79 Å². The van der Waals surface area contributed by atoms with Crippen molar-refractivity contribution in [1.29, 1.82) is 0 Å². The van der Waals surface area contributed by atoms with E-state index < -0.39 is 18.0 Å². The fraction of sp³-hybridized carbons (Fsp3) is 0.750. The normalized spacial score (nSPS) is 23.6. The Morgan fingerprint density at radius 1 is 1.25 bits per heavy atom. The van der Waals surface area contributed by atoms with Gasteiger partial charge in [0.05, 0.1) is 12.1 Å². The molecule has 2 rings (SSSR count). The molecule has 2 amide bonds. The van der Waals surface area contributed by atoms with Gasteiger partial charge in [-0.3, -0.25) is 9.79 Å². The molecule has 2 fully saturated rings. The van der Waals surface area contributed by atoms with E-state index >= 15 is 0 Å². The number of unbranched alkanes of at least 4 members (excludes halogenated alkanes) is 1. The molecule has 28 heavy (non-hydrogen) atoms. The molecule has 2 aliphatic heterocycles. The van der Waals surface area contributed by atoms with Crippen molar-refractivity contribution in [1.82, 2.24) is 10.6 Å². The topological polar surface area (TPSA) is 175 Å². The van der Waals surface area contributed by atoms with Gasteiger partial charge in [0.25, 0.3) is 0 Å². The third-order valence-electron chi connectivity index (χ3n) is 4.54. The number of nitrogens with one attached hydrogen (secondary N) is 2. The maximum Gasteiger partial charge on any atom is 0.330 e. The first kappa shape index (κ1) is 24.7. The molecule has 2 heterocycles. The van der Waals surface area contributed by atoms with Crippen LogP contribution in [-0.2, 0) is 33.8 Å². The molecule has 8 N–H and O–H groups in total. The van der Waals surface area contributed by atoms with Crippen LogP contribution in [0.15, 0.2) is 4.99 Å². The van der Waals surface area contributed by atoms with Gasteiger partial charge in [-0.2, -0.15) is 11.8 Å². The molecule has 0 spiro atoms. The Morgan fingerprint density at radius 3 is 2.71 bits per heavy atom. The predicted molar refractivity (Wildman–Crippen MR) is 103 cm³/mol. The minimum absolute atomic E-state index is 0. The van der Waals surface area contributed by atoms with Crippen molar-refractivity contribution in [2.24, 2.45) is 22.2 Å². The minimum atomic E-state index is -0.867. The number of ether oxygens (including phenoxy) is 1. The molecule has 0 saturated carbocycles. The zero-order chi connectivity index (χ0) is 19.8. The van der Waals surface area contributed by atoms with Crippen molar-refractivity contribution in [2.45, 2.75) is 61.9 Å². The first-order valence-corrected chi connectivity index (χ1v) is 10.2. The van der Waals surface area contributed by atoms with Gasteiger partial charge in [-0.15, -0.1) is 0 Å². The van der Waals surface area contributed by atoms with E-state index in [4.69, 9.17) is 21.9 Å². The summed E-state index contributed by atoms with van der Waals surface area (Å²) in [5.74, 6) is -0.392. The summed E-state index contributed by atoms with van der Waals surface area (Å²) in [6.07, 6.45) is 3.38. The van der Waals surface area contributed by atoms with E-state index in [1.807, 2.05) is 11.8 Å². The molecule has 0 unspecified atom stereocenters. The fourth-order valence-electron chi connectivity index (χ4n) is 3.13. The van der Waals surface area contributed by atoms with Crippen molar-refractivity contribution in [3.63, 3.8) is 0 Å². The number of rotatable bonds is 10. The fourth-order valence-corrected chi connectivity index (χ4v) is 4.68. The molecular formula is C16H28N6O4SZn. The molecule has 0 aromatic carbocycles. The summed E-state index contributed by atoms with van der Waals surface area (Å²) in [4.78, 5) is 38.7. The van der Waals surface area contributed by atoms with Crippen molar-refractivity contribution in [3.8, 4) is 0 Å². The summed E-state index contributed by atoms with van der Waals surface area (Å²) in [6.45, 7) is 0.369. The Bertz CT molecular complexity index is 589. The van der Waals surface area contributed by atoms with Crippen LogP contribution in [0.1, 0.15) is 38.5 Å². The third-order valence-corrected chi connectivity index (χ3v) is 6.05. The van der Waals surface area contributed by atoms with Gasteiger partial charge in [0.1, 0.15) is 6.04 Å². The molecule has 12 heteroatoms. The monoisotopic (exact) mass is 464 g/mol. The van der Waals surface area contributed by atoms with Crippen LogP contribution >= 0.6 is 11.8 Å². The molecule has 0 aliphatic carbocycles. The number of urea groups is 1. The number of aliphatic imine (C=N–C) groups is 1. The Hall–Kier alpha value is -1.39. The average molecular weight is 466 g/mol. The molecule has 10 nitrogen and oxygen atoms in total.